The Bertz CT molecular complexity index is 405. The molecule has 1 aromatic carbocycles. The van der Waals surface area contributed by atoms with Crippen molar-refractivity contribution in [3.63, 3.8) is 0 Å². The van der Waals surface area contributed by atoms with Crippen LogP contribution in [-0.4, -0.2) is 19.0 Å². The first-order chi connectivity index (χ1) is 9.79. The zero-order chi connectivity index (χ0) is 14.2. The molecule has 1 aliphatic carbocycles. The summed E-state index contributed by atoms with van der Waals surface area (Å²) in [4.78, 5) is 12.0. The van der Waals surface area contributed by atoms with Crippen LogP contribution in [0.25, 0.3) is 0 Å². The summed E-state index contributed by atoms with van der Waals surface area (Å²) in [5.41, 5.74) is 0. The van der Waals surface area contributed by atoms with E-state index in [1.54, 1.807) is 0 Å². The number of ether oxygens (including phenoxy) is 2. The molecule has 3 heteroatoms. The highest BCUT2D eigenvalue weighted by molar-refractivity contribution is 5.82. The van der Waals surface area contributed by atoms with Crippen molar-refractivity contribution in [3.8, 4) is 11.5 Å². The Balaban J connectivity index is 1.76. The van der Waals surface area contributed by atoms with Crippen molar-refractivity contribution in [3.05, 3.63) is 24.3 Å². The van der Waals surface area contributed by atoms with Crippen LogP contribution in [-0.2, 0) is 4.79 Å². The van der Waals surface area contributed by atoms with Gasteiger partial charge in [-0.05, 0) is 43.5 Å². The fourth-order valence-corrected chi connectivity index (χ4v) is 2.55. The second-order valence-corrected chi connectivity index (χ2v) is 5.41. The third kappa shape index (κ3) is 4.55. The van der Waals surface area contributed by atoms with E-state index >= 15 is 0 Å². The highest BCUT2D eigenvalue weighted by Gasteiger charge is 2.21. The molecule has 0 unspecified atom stereocenters. The van der Waals surface area contributed by atoms with Crippen LogP contribution in [0.5, 0.6) is 11.5 Å². The van der Waals surface area contributed by atoms with Gasteiger partial charge in [-0.2, -0.15) is 0 Å². The summed E-state index contributed by atoms with van der Waals surface area (Å²) >= 11 is 0. The minimum Gasteiger partial charge on any atom is -0.494 e. The fourth-order valence-electron chi connectivity index (χ4n) is 2.55. The third-order valence-electron chi connectivity index (χ3n) is 3.74. The van der Waals surface area contributed by atoms with Gasteiger partial charge in [0.25, 0.3) is 0 Å². The second-order valence-electron chi connectivity index (χ2n) is 5.41. The molecule has 110 valence electrons. The lowest BCUT2D eigenvalue weighted by Gasteiger charge is -2.20. The molecule has 20 heavy (non-hydrogen) atoms. The molecule has 1 saturated carbocycles. The standard InChI is InChI=1S/C17H24O3/c1-2-12-19-15-8-10-16(11-9-15)20-13-17(18)14-6-4-3-5-7-14/h8-11,14H,2-7,12-13H2,1H3. The lowest BCUT2D eigenvalue weighted by Crippen LogP contribution is -2.23. The van der Waals surface area contributed by atoms with Gasteiger partial charge in [-0.1, -0.05) is 26.2 Å². The predicted molar refractivity (Wildman–Crippen MR) is 79.3 cm³/mol. The van der Waals surface area contributed by atoms with Gasteiger partial charge in [0.2, 0.25) is 0 Å². The molecule has 0 aliphatic heterocycles. The summed E-state index contributed by atoms with van der Waals surface area (Å²) in [5.74, 6) is 2.04. The minimum atomic E-state index is 0.194. The molecule has 0 atom stereocenters. The van der Waals surface area contributed by atoms with Crippen molar-refractivity contribution in [1.82, 2.24) is 0 Å². The average molecular weight is 276 g/mol. The van der Waals surface area contributed by atoms with Crippen LogP contribution in [0.2, 0.25) is 0 Å². The SMILES string of the molecule is CCCOc1ccc(OCC(=O)C2CCCCC2)cc1. The van der Waals surface area contributed by atoms with Gasteiger partial charge in [-0.15, -0.1) is 0 Å². The predicted octanol–water partition coefficient (Wildman–Crippen LogP) is 4.00. The van der Waals surface area contributed by atoms with Crippen molar-refractivity contribution in [1.29, 1.82) is 0 Å². The van der Waals surface area contributed by atoms with E-state index in [1.807, 2.05) is 24.3 Å². The number of ketones is 1. The molecule has 1 aliphatic rings. The van der Waals surface area contributed by atoms with E-state index in [9.17, 15) is 4.79 Å². The van der Waals surface area contributed by atoms with E-state index in [-0.39, 0.29) is 18.3 Å². The molecule has 0 spiro atoms. The fraction of sp³-hybridized carbons (Fsp3) is 0.588. The largest absolute Gasteiger partial charge is 0.494 e. The van der Waals surface area contributed by atoms with Crippen LogP contribution >= 0.6 is 0 Å². The quantitative estimate of drug-likeness (QED) is 0.755. The number of hydrogen-bond donors (Lipinski definition) is 0. The van der Waals surface area contributed by atoms with Gasteiger partial charge in [0.05, 0.1) is 6.61 Å². The van der Waals surface area contributed by atoms with Crippen LogP contribution in [0.3, 0.4) is 0 Å². The van der Waals surface area contributed by atoms with Gasteiger partial charge < -0.3 is 9.47 Å². The second kappa shape index (κ2) is 7.93. The zero-order valence-corrected chi connectivity index (χ0v) is 12.3. The Morgan fingerprint density at radius 2 is 1.65 bits per heavy atom. The van der Waals surface area contributed by atoms with Crippen molar-refractivity contribution in [2.24, 2.45) is 5.92 Å². The molecule has 3 nitrogen and oxygen atoms in total. The molecule has 0 heterocycles. The normalized spacial score (nSPS) is 15.8. The number of carbonyl (C=O) groups is 1. The van der Waals surface area contributed by atoms with E-state index < -0.39 is 0 Å². The summed E-state index contributed by atoms with van der Waals surface area (Å²) in [6, 6.07) is 7.49. The zero-order valence-electron chi connectivity index (χ0n) is 12.3. The maximum absolute atomic E-state index is 12.0. The molecule has 1 aromatic rings. The summed E-state index contributed by atoms with van der Waals surface area (Å²) in [6.07, 6.45) is 6.69. The summed E-state index contributed by atoms with van der Waals surface area (Å²) in [7, 11) is 0. The van der Waals surface area contributed by atoms with E-state index in [4.69, 9.17) is 9.47 Å². The van der Waals surface area contributed by atoms with E-state index in [0.29, 0.717) is 0 Å². The number of Topliss-reactive ketones (excluding diaryl/α,β-unsaturated/α-hetero) is 1. The van der Waals surface area contributed by atoms with E-state index in [1.165, 1.54) is 19.3 Å². The topological polar surface area (TPSA) is 35.5 Å². The van der Waals surface area contributed by atoms with E-state index in [0.717, 1.165) is 37.4 Å². The molecule has 0 saturated heterocycles. The molecular formula is C17H24O3. The Hall–Kier alpha value is -1.51. The first kappa shape index (κ1) is 14.9. The van der Waals surface area contributed by atoms with Gasteiger partial charge >= 0.3 is 0 Å². The van der Waals surface area contributed by atoms with Gasteiger partial charge in [-0.3, -0.25) is 4.79 Å². The molecule has 1 fully saturated rings. The summed E-state index contributed by atoms with van der Waals surface area (Å²) in [6.45, 7) is 2.99. The van der Waals surface area contributed by atoms with Crippen LogP contribution in [0.1, 0.15) is 45.4 Å². The van der Waals surface area contributed by atoms with Crippen molar-refractivity contribution in [2.75, 3.05) is 13.2 Å². The Morgan fingerprint density at radius 1 is 1.05 bits per heavy atom. The third-order valence-corrected chi connectivity index (χ3v) is 3.74. The molecular weight excluding hydrogens is 252 g/mol. The lowest BCUT2D eigenvalue weighted by atomic mass is 9.86. The van der Waals surface area contributed by atoms with E-state index in [2.05, 4.69) is 6.92 Å². The molecule has 0 aromatic heterocycles. The summed E-state index contributed by atoms with van der Waals surface area (Å²) in [5, 5.41) is 0. The highest BCUT2D eigenvalue weighted by Crippen LogP contribution is 2.25. The first-order valence-corrected chi connectivity index (χ1v) is 7.68. The molecule has 0 radical (unpaired) electrons. The van der Waals surface area contributed by atoms with Crippen molar-refractivity contribution >= 4 is 5.78 Å². The molecule has 2 rings (SSSR count). The smallest absolute Gasteiger partial charge is 0.173 e. The minimum absolute atomic E-state index is 0.194. The van der Waals surface area contributed by atoms with Crippen LogP contribution in [0.15, 0.2) is 24.3 Å². The van der Waals surface area contributed by atoms with Crippen LogP contribution in [0, 0.1) is 5.92 Å². The number of hydrogen-bond acceptors (Lipinski definition) is 3. The van der Waals surface area contributed by atoms with Gasteiger partial charge in [-0.25, -0.2) is 0 Å². The van der Waals surface area contributed by atoms with Crippen molar-refractivity contribution in [2.45, 2.75) is 45.4 Å². The first-order valence-electron chi connectivity index (χ1n) is 7.68. The van der Waals surface area contributed by atoms with Gasteiger partial charge in [0, 0.05) is 5.92 Å². The van der Waals surface area contributed by atoms with Gasteiger partial charge in [0.1, 0.15) is 18.1 Å². The summed E-state index contributed by atoms with van der Waals surface area (Å²) < 4.78 is 11.1. The number of benzene rings is 1. The molecule has 0 bridgehead atoms. The highest BCUT2D eigenvalue weighted by atomic mass is 16.5. The van der Waals surface area contributed by atoms with Crippen molar-refractivity contribution < 1.29 is 14.3 Å². The average Bonchev–Trinajstić information content (AvgIpc) is 2.52. The maximum Gasteiger partial charge on any atom is 0.173 e. The number of carbonyl (C=O) groups excluding carboxylic acids is 1. The maximum atomic E-state index is 12.0. The lowest BCUT2D eigenvalue weighted by molar-refractivity contribution is -0.125. The Morgan fingerprint density at radius 3 is 2.25 bits per heavy atom. The Kier molecular flexibility index (Phi) is 5.90. The Labute approximate surface area is 121 Å². The van der Waals surface area contributed by atoms with Crippen LogP contribution in [0.4, 0.5) is 0 Å². The molecule has 0 N–H and O–H groups in total. The molecule has 0 amide bonds. The monoisotopic (exact) mass is 276 g/mol. The van der Waals surface area contributed by atoms with Gasteiger partial charge in [0.15, 0.2) is 5.78 Å². The number of rotatable bonds is 7. The van der Waals surface area contributed by atoms with Crippen LogP contribution < -0.4 is 9.47 Å².